The van der Waals surface area contributed by atoms with Crippen molar-refractivity contribution >= 4 is 27.5 Å². The molecule has 18 heavy (non-hydrogen) atoms. The van der Waals surface area contributed by atoms with Crippen molar-refractivity contribution in [2.75, 3.05) is 0 Å². The zero-order valence-electron chi connectivity index (χ0n) is 9.81. The lowest BCUT2D eigenvalue weighted by Crippen LogP contribution is -2.03. The van der Waals surface area contributed by atoms with E-state index >= 15 is 0 Å². The van der Waals surface area contributed by atoms with Crippen molar-refractivity contribution in [3.8, 4) is 0 Å². The largest absolute Gasteiger partial charge is 0.295 e. The zero-order valence-corrected chi connectivity index (χ0v) is 11.4. The minimum Gasteiger partial charge on any atom is -0.295 e. The summed E-state index contributed by atoms with van der Waals surface area (Å²) in [4.78, 5) is 23.5. The van der Waals surface area contributed by atoms with Gasteiger partial charge in [0.2, 0.25) is 0 Å². The second kappa shape index (κ2) is 5.27. The molecule has 0 bridgehead atoms. The first-order valence-electron chi connectivity index (χ1n) is 5.50. The van der Waals surface area contributed by atoms with Gasteiger partial charge in [0.25, 0.3) is 0 Å². The Labute approximate surface area is 114 Å². The molecule has 0 saturated carbocycles. The van der Waals surface area contributed by atoms with Crippen LogP contribution in [0.15, 0.2) is 53.0 Å². The number of hydrogen-bond donors (Lipinski definition) is 0. The fourth-order valence-electron chi connectivity index (χ4n) is 1.66. The summed E-state index contributed by atoms with van der Waals surface area (Å²) in [5.74, 6) is -0.0769. The Morgan fingerprint density at radius 1 is 0.944 bits per heavy atom. The lowest BCUT2D eigenvalue weighted by Gasteiger charge is -2.05. The second-order valence-electron chi connectivity index (χ2n) is 3.95. The average molecular weight is 303 g/mol. The van der Waals surface area contributed by atoms with E-state index in [1.165, 1.54) is 6.92 Å². The summed E-state index contributed by atoms with van der Waals surface area (Å²) in [5, 5.41) is 0. The third-order valence-electron chi connectivity index (χ3n) is 2.66. The topological polar surface area (TPSA) is 34.1 Å². The minimum absolute atomic E-state index is 0.0191. The van der Waals surface area contributed by atoms with E-state index in [4.69, 9.17) is 0 Å². The molecule has 2 rings (SSSR count). The predicted molar refractivity (Wildman–Crippen MR) is 74.0 cm³/mol. The second-order valence-corrected chi connectivity index (χ2v) is 4.80. The Kier molecular flexibility index (Phi) is 3.72. The normalized spacial score (nSPS) is 10.1. The maximum atomic E-state index is 12.2. The summed E-state index contributed by atoms with van der Waals surface area (Å²) in [7, 11) is 0. The number of carbonyl (C=O) groups excluding carboxylic acids is 2. The molecule has 0 radical (unpaired) electrons. The third kappa shape index (κ3) is 2.57. The summed E-state index contributed by atoms with van der Waals surface area (Å²) >= 11 is 3.34. The molecule has 2 nitrogen and oxygen atoms in total. The number of halogens is 1. The fraction of sp³-hybridized carbons (Fsp3) is 0.0667. The van der Waals surface area contributed by atoms with Crippen LogP contribution < -0.4 is 0 Å². The summed E-state index contributed by atoms with van der Waals surface area (Å²) in [5.41, 5.74) is 1.78. The number of carbonyl (C=O) groups is 2. The van der Waals surface area contributed by atoms with E-state index in [9.17, 15) is 9.59 Å². The molecule has 0 aromatic heterocycles. The minimum atomic E-state index is -0.0578. The fourth-order valence-corrected chi connectivity index (χ4v) is 2.22. The Balaban J connectivity index is 2.41. The van der Waals surface area contributed by atoms with Gasteiger partial charge in [-0.3, -0.25) is 9.59 Å². The van der Waals surface area contributed by atoms with Gasteiger partial charge >= 0.3 is 0 Å². The molecule has 3 heteroatoms. The van der Waals surface area contributed by atoms with Gasteiger partial charge in [0.05, 0.1) is 0 Å². The van der Waals surface area contributed by atoms with Crippen molar-refractivity contribution in [2.45, 2.75) is 6.92 Å². The highest BCUT2D eigenvalue weighted by Gasteiger charge is 2.13. The van der Waals surface area contributed by atoms with Crippen molar-refractivity contribution < 1.29 is 9.59 Å². The van der Waals surface area contributed by atoms with Gasteiger partial charge in [0.15, 0.2) is 11.6 Å². The number of benzene rings is 2. The smallest absolute Gasteiger partial charge is 0.194 e. The zero-order chi connectivity index (χ0) is 13.1. The number of Topliss-reactive ketones (excluding diaryl/α,β-unsaturated/α-hetero) is 1. The molecule has 0 heterocycles. The molecule has 0 atom stereocenters. The van der Waals surface area contributed by atoms with E-state index in [-0.39, 0.29) is 11.6 Å². The van der Waals surface area contributed by atoms with Gasteiger partial charge in [0.1, 0.15) is 0 Å². The van der Waals surface area contributed by atoms with E-state index < -0.39 is 0 Å². The molecule has 0 fully saturated rings. The van der Waals surface area contributed by atoms with Gasteiger partial charge in [-0.25, -0.2) is 0 Å². The molecule has 2 aromatic rings. The average Bonchev–Trinajstić information content (AvgIpc) is 2.38. The molecule has 0 spiro atoms. The van der Waals surface area contributed by atoms with Crippen LogP contribution in [0.4, 0.5) is 0 Å². The highest BCUT2D eigenvalue weighted by molar-refractivity contribution is 9.10. The first-order valence-corrected chi connectivity index (χ1v) is 6.29. The van der Waals surface area contributed by atoms with E-state index in [1.54, 1.807) is 30.3 Å². The van der Waals surface area contributed by atoms with Crippen LogP contribution in [0.3, 0.4) is 0 Å². The van der Waals surface area contributed by atoms with Gasteiger partial charge in [-0.05, 0) is 19.1 Å². The van der Waals surface area contributed by atoms with Gasteiger partial charge in [-0.1, -0.05) is 52.3 Å². The summed E-state index contributed by atoms with van der Waals surface area (Å²) in [6.45, 7) is 1.50. The van der Waals surface area contributed by atoms with Crippen molar-refractivity contribution in [1.82, 2.24) is 0 Å². The monoisotopic (exact) mass is 302 g/mol. The third-order valence-corrected chi connectivity index (χ3v) is 3.31. The molecular formula is C15H11BrO2. The quantitative estimate of drug-likeness (QED) is 0.806. The summed E-state index contributed by atoms with van der Waals surface area (Å²) in [6, 6.07) is 14.1. The Bertz CT molecular complexity index is 603. The Morgan fingerprint density at radius 2 is 1.61 bits per heavy atom. The predicted octanol–water partition coefficient (Wildman–Crippen LogP) is 3.88. The molecule has 0 N–H and O–H groups in total. The van der Waals surface area contributed by atoms with Gasteiger partial charge in [0, 0.05) is 21.2 Å². The van der Waals surface area contributed by atoms with Crippen LogP contribution >= 0.6 is 15.9 Å². The SMILES string of the molecule is CC(=O)c1ccc(C(=O)c2ccccc2)c(Br)c1. The van der Waals surface area contributed by atoms with Crippen molar-refractivity contribution in [3.05, 3.63) is 69.7 Å². The molecule has 0 aliphatic heterocycles. The number of rotatable bonds is 3. The lowest BCUT2D eigenvalue weighted by atomic mass is 10.0. The van der Waals surface area contributed by atoms with Crippen LogP contribution in [0.5, 0.6) is 0 Å². The summed E-state index contributed by atoms with van der Waals surface area (Å²) in [6.07, 6.45) is 0. The summed E-state index contributed by atoms with van der Waals surface area (Å²) < 4.78 is 0.643. The lowest BCUT2D eigenvalue weighted by molar-refractivity contribution is 0.101. The molecule has 2 aromatic carbocycles. The van der Waals surface area contributed by atoms with Crippen LogP contribution in [-0.4, -0.2) is 11.6 Å². The Hall–Kier alpha value is -1.74. The van der Waals surface area contributed by atoms with E-state index in [1.807, 2.05) is 18.2 Å². The molecule has 0 unspecified atom stereocenters. The molecule has 90 valence electrons. The van der Waals surface area contributed by atoms with Gasteiger partial charge in [-0.2, -0.15) is 0 Å². The van der Waals surface area contributed by atoms with Crippen LogP contribution in [0.1, 0.15) is 33.2 Å². The molecular weight excluding hydrogens is 292 g/mol. The number of hydrogen-bond acceptors (Lipinski definition) is 2. The van der Waals surface area contributed by atoms with E-state index in [0.717, 1.165) is 0 Å². The molecule has 0 aliphatic rings. The van der Waals surface area contributed by atoms with Crippen molar-refractivity contribution in [3.63, 3.8) is 0 Å². The van der Waals surface area contributed by atoms with E-state index in [0.29, 0.717) is 21.2 Å². The standard InChI is InChI=1S/C15H11BrO2/c1-10(17)12-7-8-13(14(16)9-12)15(18)11-5-3-2-4-6-11/h2-9H,1H3. The van der Waals surface area contributed by atoms with Crippen LogP contribution in [0, 0.1) is 0 Å². The highest BCUT2D eigenvalue weighted by Crippen LogP contribution is 2.22. The molecule has 0 aliphatic carbocycles. The van der Waals surface area contributed by atoms with E-state index in [2.05, 4.69) is 15.9 Å². The highest BCUT2D eigenvalue weighted by atomic mass is 79.9. The van der Waals surface area contributed by atoms with Gasteiger partial charge in [-0.15, -0.1) is 0 Å². The van der Waals surface area contributed by atoms with Crippen LogP contribution in [0.2, 0.25) is 0 Å². The first-order chi connectivity index (χ1) is 8.59. The number of ketones is 2. The van der Waals surface area contributed by atoms with Gasteiger partial charge < -0.3 is 0 Å². The first kappa shape index (κ1) is 12.7. The maximum absolute atomic E-state index is 12.2. The maximum Gasteiger partial charge on any atom is 0.194 e. The van der Waals surface area contributed by atoms with Crippen LogP contribution in [0.25, 0.3) is 0 Å². The van der Waals surface area contributed by atoms with Crippen molar-refractivity contribution in [1.29, 1.82) is 0 Å². The van der Waals surface area contributed by atoms with Crippen LogP contribution in [-0.2, 0) is 0 Å². The molecule has 0 saturated heterocycles. The Morgan fingerprint density at radius 3 is 2.17 bits per heavy atom. The molecule has 0 amide bonds. The van der Waals surface area contributed by atoms with Crippen molar-refractivity contribution in [2.24, 2.45) is 0 Å².